The number of aromatic nitrogens is 2. The summed E-state index contributed by atoms with van der Waals surface area (Å²) in [5.74, 6) is 1.57. The summed E-state index contributed by atoms with van der Waals surface area (Å²) in [5.41, 5.74) is 1.97. The Morgan fingerprint density at radius 1 is 1.00 bits per heavy atom. The van der Waals surface area contributed by atoms with Crippen molar-refractivity contribution >= 4 is 34.3 Å². The summed E-state index contributed by atoms with van der Waals surface area (Å²) in [6.07, 6.45) is 0. The van der Waals surface area contributed by atoms with Gasteiger partial charge < -0.3 is 15.0 Å². The molecule has 0 bridgehead atoms. The van der Waals surface area contributed by atoms with Gasteiger partial charge in [0.15, 0.2) is 0 Å². The summed E-state index contributed by atoms with van der Waals surface area (Å²) in [6, 6.07) is 15.9. The molecular weight excluding hydrogens is 336 g/mol. The maximum absolute atomic E-state index is 6.27. The summed E-state index contributed by atoms with van der Waals surface area (Å²) in [7, 11) is 0. The minimum absolute atomic E-state index is 0.614. The lowest BCUT2D eigenvalue weighted by Gasteiger charge is -2.27. The number of nitrogens with one attached hydrogen (secondary N) is 1. The van der Waals surface area contributed by atoms with E-state index in [0.29, 0.717) is 19.8 Å². The molecule has 0 aliphatic carbocycles. The number of halogens is 1. The lowest BCUT2D eigenvalue weighted by molar-refractivity contribution is 0.122. The maximum atomic E-state index is 6.27. The van der Waals surface area contributed by atoms with Gasteiger partial charge in [-0.15, -0.1) is 0 Å². The van der Waals surface area contributed by atoms with Crippen molar-refractivity contribution in [3.63, 3.8) is 0 Å². The molecule has 0 radical (unpaired) electrons. The van der Waals surface area contributed by atoms with Crippen LogP contribution >= 0.6 is 11.6 Å². The average molecular weight is 355 g/mol. The van der Waals surface area contributed by atoms with Crippen LogP contribution in [-0.4, -0.2) is 36.3 Å². The predicted molar refractivity (Wildman–Crippen MR) is 101 cm³/mol. The molecule has 2 heterocycles. The van der Waals surface area contributed by atoms with Gasteiger partial charge in [-0.05, 0) is 23.8 Å². The van der Waals surface area contributed by atoms with Crippen LogP contribution in [0.2, 0.25) is 5.02 Å². The number of morpholine rings is 1. The van der Waals surface area contributed by atoms with E-state index in [0.717, 1.165) is 46.3 Å². The molecule has 6 heteroatoms. The number of rotatable bonds is 4. The van der Waals surface area contributed by atoms with Gasteiger partial charge >= 0.3 is 0 Å². The summed E-state index contributed by atoms with van der Waals surface area (Å²) in [6.45, 7) is 3.64. The Bertz CT molecular complexity index is 880. The number of anilines is 2. The molecular formula is C19H19ClN4O. The van der Waals surface area contributed by atoms with E-state index in [2.05, 4.69) is 10.2 Å². The summed E-state index contributed by atoms with van der Waals surface area (Å²) in [4.78, 5) is 11.7. The van der Waals surface area contributed by atoms with Crippen LogP contribution in [0, 0.1) is 0 Å². The molecule has 128 valence electrons. The van der Waals surface area contributed by atoms with Crippen molar-refractivity contribution in [2.75, 3.05) is 36.5 Å². The first-order chi connectivity index (χ1) is 12.3. The molecule has 1 N–H and O–H groups in total. The third kappa shape index (κ3) is 3.52. The van der Waals surface area contributed by atoms with Gasteiger partial charge in [0.2, 0.25) is 5.95 Å². The molecule has 0 spiro atoms. The topological polar surface area (TPSA) is 50.3 Å². The van der Waals surface area contributed by atoms with E-state index in [9.17, 15) is 0 Å². The first kappa shape index (κ1) is 16.1. The van der Waals surface area contributed by atoms with Crippen LogP contribution in [0.4, 0.5) is 11.8 Å². The van der Waals surface area contributed by atoms with Crippen LogP contribution in [0.3, 0.4) is 0 Å². The number of hydrogen-bond donors (Lipinski definition) is 1. The quantitative estimate of drug-likeness (QED) is 0.773. The first-order valence-electron chi connectivity index (χ1n) is 8.38. The van der Waals surface area contributed by atoms with E-state index in [4.69, 9.17) is 26.3 Å². The second kappa shape index (κ2) is 7.25. The molecule has 25 heavy (non-hydrogen) atoms. The minimum atomic E-state index is 0.614. The zero-order valence-corrected chi connectivity index (χ0v) is 14.5. The third-order valence-corrected chi connectivity index (χ3v) is 4.66. The highest BCUT2D eigenvalue weighted by Crippen LogP contribution is 2.25. The van der Waals surface area contributed by atoms with Gasteiger partial charge in [-0.3, -0.25) is 0 Å². The molecule has 1 aliphatic heterocycles. The number of benzene rings is 2. The standard InChI is InChI=1S/C19H19ClN4O/c20-16-7-3-1-5-14(16)13-21-18-15-6-2-4-8-17(15)22-19(23-18)24-9-11-25-12-10-24/h1-8H,9-13H2,(H,21,22,23). The van der Waals surface area contributed by atoms with Crippen molar-refractivity contribution in [3.8, 4) is 0 Å². The Balaban J connectivity index is 1.67. The summed E-state index contributed by atoms with van der Waals surface area (Å²) < 4.78 is 5.43. The number of hydrogen-bond acceptors (Lipinski definition) is 5. The fourth-order valence-corrected chi connectivity index (χ4v) is 3.13. The average Bonchev–Trinajstić information content (AvgIpc) is 2.67. The van der Waals surface area contributed by atoms with E-state index in [1.807, 2.05) is 48.5 Å². The molecule has 3 aromatic rings. The zero-order valence-electron chi connectivity index (χ0n) is 13.8. The van der Waals surface area contributed by atoms with Crippen LogP contribution in [0.5, 0.6) is 0 Å². The Morgan fingerprint density at radius 2 is 1.76 bits per heavy atom. The molecule has 1 fully saturated rings. The summed E-state index contributed by atoms with van der Waals surface area (Å²) >= 11 is 6.27. The van der Waals surface area contributed by atoms with Crippen LogP contribution in [0.1, 0.15) is 5.56 Å². The number of nitrogens with zero attached hydrogens (tertiary/aromatic N) is 3. The summed E-state index contributed by atoms with van der Waals surface area (Å²) in [5, 5.41) is 5.19. The van der Waals surface area contributed by atoms with E-state index in [-0.39, 0.29) is 0 Å². The predicted octanol–water partition coefficient (Wildman–Crippen LogP) is 3.73. The fourth-order valence-electron chi connectivity index (χ4n) is 2.92. The Morgan fingerprint density at radius 3 is 2.60 bits per heavy atom. The van der Waals surface area contributed by atoms with Crippen molar-refractivity contribution in [1.82, 2.24) is 9.97 Å². The number of ether oxygens (including phenoxy) is 1. The van der Waals surface area contributed by atoms with E-state index in [1.165, 1.54) is 0 Å². The minimum Gasteiger partial charge on any atom is -0.378 e. The van der Waals surface area contributed by atoms with Gasteiger partial charge in [0.25, 0.3) is 0 Å². The van der Waals surface area contributed by atoms with Crippen molar-refractivity contribution in [2.45, 2.75) is 6.54 Å². The van der Waals surface area contributed by atoms with Gasteiger partial charge in [-0.2, -0.15) is 4.98 Å². The van der Waals surface area contributed by atoms with Crippen molar-refractivity contribution in [3.05, 3.63) is 59.1 Å². The molecule has 0 unspecified atom stereocenters. The highest BCUT2D eigenvalue weighted by Gasteiger charge is 2.16. The second-order valence-electron chi connectivity index (χ2n) is 5.93. The van der Waals surface area contributed by atoms with Crippen LogP contribution < -0.4 is 10.2 Å². The second-order valence-corrected chi connectivity index (χ2v) is 6.34. The van der Waals surface area contributed by atoms with Gasteiger partial charge in [-0.25, -0.2) is 4.98 Å². The Hall–Kier alpha value is -2.37. The largest absolute Gasteiger partial charge is 0.378 e. The monoisotopic (exact) mass is 354 g/mol. The van der Waals surface area contributed by atoms with E-state index < -0.39 is 0 Å². The van der Waals surface area contributed by atoms with Gasteiger partial charge in [0.05, 0.1) is 18.7 Å². The Kier molecular flexibility index (Phi) is 4.68. The normalized spacial score (nSPS) is 14.7. The lowest BCUT2D eigenvalue weighted by atomic mass is 10.2. The Labute approximate surface area is 151 Å². The molecule has 2 aromatic carbocycles. The van der Waals surface area contributed by atoms with Crippen molar-refractivity contribution in [2.24, 2.45) is 0 Å². The molecule has 1 saturated heterocycles. The maximum Gasteiger partial charge on any atom is 0.228 e. The van der Waals surface area contributed by atoms with Crippen LogP contribution in [-0.2, 0) is 11.3 Å². The SMILES string of the molecule is Clc1ccccc1CNc1nc(N2CCOCC2)nc2ccccc12. The molecule has 1 aliphatic rings. The number of fused-ring (bicyclic) bond motifs is 1. The van der Waals surface area contributed by atoms with Crippen molar-refractivity contribution < 1.29 is 4.74 Å². The molecule has 5 nitrogen and oxygen atoms in total. The van der Waals surface area contributed by atoms with Gasteiger partial charge in [0, 0.05) is 30.0 Å². The zero-order chi connectivity index (χ0) is 17.1. The fraction of sp³-hybridized carbons (Fsp3) is 0.263. The third-order valence-electron chi connectivity index (χ3n) is 4.29. The van der Waals surface area contributed by atoms with Gasteiger partial charge in [0.1, 0.15) is 5.82 Å². The highest BCUT2D eigenvalue weighted by atomic mass is 35.5. The molecule has 0 amide bonds. The first-order valence-corrected chi connectivity index (χ1v) is 8.76. The number of para-hydroxylation sites is 1. The van der Waals surface area contributed by atoms with Crippen LogP contribution in [0.25, 0.3) is 10.9 Å². The van der Waals surface area contributed by atoms with Gasteiger partial charge in [-0.1, -0.05) is 41.9 Å². The molecule has 1 aromatic heterocycles. The smallest absolute Gasteiger partial charge is 0.228 e. The molecule has 0 atom stereocenters. The van der Waals surface area contributed by atoms with E-state index in [1.54, 1.807) is 0 Å². The van der Waals surface area contributed by atoms with Crippen molar-refractivity contribution in [1.29, 1.82) is 0 Å². The highest BCUT2D eigenvalue weighted by molar-refractivity contribution is 6.31. The lowest BCUT2D eigenvalue weighted by Crippen LogP contribution is -2.37. The molecule has 4 rings (SSSR count). The molecule has 0 saturated carbocycles. The van der Waals surface area contributed by atoms with Crippen LogP contribution in [0.15, 0.2) is 48.5 Å². The van der Waals surface area contributed by atoms with E-state index >= 15 is 0 Å².